The summed E-state index contributed by atoms with van der Waals surface area (Å²) in [6, 6.07) is 13.1. The van der Waals surface area contributed by atoms with Crippen molar-refractivity contribution in [2.75, 3.05) is 13.2 Å². The zero-order valence-electron chi connectivity index (χ0n) is 17.0. The predicted molar refractivity (Wildman–Crippen MR) is 124 cm³/mol. The molecule has 0 aliphatic carbocycles. The molecule has 2 aromatic rings. The van der Waals surface area contributed by atoms with Crippen molar-refractivity contribution in [1.82, 2.24) is 4.90 Å². The lowest BCUT2D eigenvalue weighted by atomic mass is 10.1. The van der Waals surface area contributed by atoms with Crippen LogP contribution in [0.3, 0.4) is 0 Å². The minimum Gasteiger partial charge on any atom is -0.490 e. The number of benzene rings is 2. The summed E-state index contributed by atoms with van der Waals surface area (Å²) < 4.78 is 12.5. The van der Waals surface area contributed by atoms with Crippen LogP contribution in [0.4, 0.5) is 4.79 Å². The first kappa shape index (κ1) is 22.4. The largest absolute Gasteiger partial charge is 0.490 e. The average molecular weight is 490 g/mol. The third-order valence-corrected chi connectivity index (χ3v) is 5.88. The van der Waals surface area contributed by atoms with E-state index < -0.39 is 0 Å². The molecule has 0 unspecified atom stereocenters. The molecule has 1 aliphatic rings. The number of rotatable bonds is 9. The summed E-state index contributed by atoms with van der Waals surface area (Å²) in [4.78, 5) is 26.9. The van der Waals surface area contributed by atoms with Gasteiger partial charge >= 0.3 is 0 Å². The van der Waals surface area contributed by atoms with Gasteiger partial charge in [0.05, 0.1) is 24.7 Å². The van der Waals surface area contributed by atoms with Crippen molar-refractivity contribution in [2.24, 2.45) is 0 Å². The third-order valence-electron chi connectivity index (χ3n) is 4.45. The van der Waals surface area contributed by atoms with Crippen LogP contribution in [-0.4, -0.2) is 29.3 Å². The van der Waals surface area contributed by atoms with Crippen molar-refractivity contribution in [3.63, 3.8) is 0 Å². The molecule has 5 nitrogen and oxygen atoms in total. The summed E-state index contributed by atoms with van der Waals surface area (Å²) in [7, 11) is 0. The summed E-state index contributed by atoms with van der Waals surface area (Å²) in [5.74, 6) is 1.04. The van der Waals surface area contributed by atoms with Crippen molar-refractivity contribution >= 4 is 44.9 Å². The highest BCUT2D eigenvalue weighted by Crippen LogP contribution is 2.35. The second-order valence-electron chi connectivity index (χ2n) is 6.74. The van der Waals surface area contributed by atoms with Crippen LogP contribution in [0.5, 0.6) is 11.5 Å². The monoisotopic (exact) mass is 489 g/mol. The Hall–Kier alpha value is -2.25. The first-order valence-corrected chi connectivity index (χ1v) is 11.5. The van der Waals surface area contributed by atoms with Gasteiger partial charge in [-0.15, -0.1) is 0 Å². The maximum absolute atomic E-state index is 12.8. The van der Waals surface area contributed by atoms with Gasteiger partial charge < -0.3 is 9.47 Å². The van der Waals surface area contributed by atoms with E-state index in [1.54, 1.807) is 6.08 Å². The van der Waals surface area contributed by atoms with E-state index in [0.717, 1.165) is 40.2 Å². The molecule has 1 saturated heterocycles. The fraction of sp³-hybridized carbons (Fsp3) is 0.304. The Morgan fingerprint density at radius 1 is 1.03 bits per heavy atom. The summed E-state index contributed by atoms with van der Waals surface area (Å²) in [6.07, 6.45) is 3.75. The Bertz CT molecular complexity index is 943. The summed E-state index contributed by atoms with van der Waals surface area (Å²) >= 11 is 4.34. The molecule has 2 aromatic carbocycles. The van der Waals surface area contributed by atoms with E-state index in [4.69, 9.17) is 9.47 Å². The van der Waals surface area contributed by atoms with Gasteiger partial charge in [-0.1, -0.05) is 47.5 Å². The van der Waals surface area contributed by atoms with E-state index in [2.05, 4.69) is 22.9 Å². The smallest absolute Gasteiger partial charge is 0.293 e. The number of thioether (sulfide) groups is 1. The Morgan fingerprint density at radius 2 is 1.80 bits per heavy atom. The van der Waals surface area contributed by atoms with Gasteiger partial charge in [0.1, 0.15) is 0 Å². The molecule has 0 bridgehead atoms. The van der Waals surface area contributed by atoms with Crippen molar-refractivity contribution in [2.45, 2.75) is 33.2 Å². The topological polar surface area (TPSA) is 55.8 Å². The molecular weight excluding hydrogens is 466 g/mol. The number of imide groups is 1. The van der Waals surface area contributed by atoms with Crippen molar-refractivity contribution in [1.29, 1.82) is 0 Å². The van der Waals surface area contributed by atoms with Crippen molar-refractivity contribution in [3.05, 3.63) is 63.0 Å². The number of halogens is 1. The highest BCUT2D eigenvalue weighted by atomic mass is 79.9. The zero-order chi connectivity index (χ0) is 21.5. The number of unbranched alkanes of at least 4 members (excludes halogenated alkanes) is 1. The van der Waals surface area contributed by atoms with Gasteiger partial charge in [0, 0.05) is 4.47 Å². The van der Waals surface area contributed by atoms with Crippen molar-refractivity contribution in [3.8, 4) is 11.5 Å². The van der Waals surface area contributed by atoms with Crippen LogP contribution in [0.25, 0.3) is 6.08 Å². The maximum atomic E-state index is 12.8. The highest BCUT2D eigenvalue weighted by molar-refractivity contribution is 9.10. The molecule has 2 amide bonds. The van der Waals surface area contributed by atoms with Crippen LogP contribution in [-0.2, 0) is 11.3 Å². The molecular formula is C23H24BrNO4S. The van der Waals surface area contributed by atoms with Crippen LogP contribution in [0, 0.1) is 0 Å². The molecule has 0 aromatic heterocycles. The molecule has 1 heterocycles. The summed E-state index contributed by atoms with van der Waals surface area (Å²) in [5, 5.41) is -0.265. The van der Waals surface area contributed by atoms with Crippen LogP contribution >= 0.6 is 27.7 Å². The molecule has 158 valence electrons. The molecule has 0 radical (unpaired) electrons. The van der Waals surface area contributed by atoms with Gasteiger partial charge in [0.2, 0.25) is 0 Å². The second-order valence-corrected chi connectivity index (χ2v) is 8.64. The zero-order valence-corrected chi connectivity index (χ0v) is 19.4. The molecule has 0 spiro atoms. The van der Waals surface area contributed by atoms with E-state index in [1.165, 1.54) is 4.90 Å². The average Bonchev–Trinajstić information content (AvgIpc) is 2.99. The number of hydrogen-bond donors (Lipinski definition) is 0. The lowest BCUT2D eigenvalue weighted by Crippen LogP contribution is -2.27. The minimum absolute atomic E-state index is 0.254. The number of nitrogens with zero attached hydrogens (tertiary/aromatic N) is 1. The van der Waals surface area contributed by atoms with E-state index in [9.17, 15) is 9.59 Å². The molecule has 3 rings (SSSR count). The Labute approximate surface area is 189 Å². The van der Waals surface area contributed by atoms with Gasteiger partial charge in [-0.3, -0.25) is 14.5 Å². The molecule has 1 fully saturated rings. The van der Waals surface area contributed by atoms with E-state index in [0.29, 0.717) is 29.6 Å². The standard InChI is InChI=1S/C23H24BrNO4S/c1-3-5-12-29-19-11-8-17(13-20(19)28-4-2)14-21-22(26)25(23(27)30-21)15-16-6-9-18(24)10-7-16/h6-11,13-14H,3-5,12,15H2,1-2H3/b21-14-. The van der Waals surface area contributed by atoms with Gasteiger partial charge in [0.15, 0.2) is 11.5 Å². The fourth-order valence-electron chi connectivity index (χ4n) is 2.89. The highest BCUT2D eigenvalue weighted by Gasteiger charge is 2.35. The SMILES string of the molecule is CCCCOc1ccc(/C=C2\SC(=O)N(Cc3ccc(Br)cc3)C2=O)cc1OCC. The van der Waals surface area contributed by atoms with Crippen LogP contribution in [0.1, 0.15) is 37.8 Å². The number of amides is 2. The fourth-order valence-corrected chi connectivity index (χ4v) is 3.99. The Morgan fingerprint density at radius 3 is 2.50 bits per heavy atom. The van der Waals surface area contributed by atoms with Crippen LogP contribution < -0.4 is 9.47 Å². The van der Waals surface area contributed by atoms with Gasteiger partial charge in [-0.25, -0.2) is 0 Å². The van der Waals surface area contributed by atoms with E-state index >= 15 is 0 Å². The Balaban J connectivity index is 1.77. The first-order valence-electron chi connectivity index (χ1n) is 9.91. The molecule has 0 N–H and O–H groups in total. The van der Waals surface area contributed by atoms with Crippen molar-refractivity contribution < 1.29 is 19.1 Å². The summed E-state index contributed by atoms with van der Waals surface area (Å²) in [5.41, 5.74) is 1.68. The lowest BCUT2D eigenvalue weighted by Gasteiger charge is -2.13. The number of ether oxygens (including phenoxy) is 2. The quantitative estimate of drug-likeness (QED) is 0.307. The number of carbonyl (C=O) groups is 2. The third kappa shape index (κ3) is 5.67. The predicted octanol–water partition coefficient (Wildman–Crippen LogP) is 6.26. The molecule has 0 saturated carbocycles. The number of carbonyl (C=O) groups excluding carboxylic acids is 2. The van der Waals surface area contributed by atoms with E-state index in [1.807, 2.05) is 49.4 Å². The van der Waals surface area contributed by atoms with Gasteiger partial charge in [0.25, 0.3) is 11.1 Å². The summed E-state index contributed by atoms with van der Waals surface area (Å²) in [6.45, 7) is 5.42. The van der Waals surface area contributed by atoms with Gasteiger partial charge in [-0.05, 0) is 66.6 Å². The minimum atomic E-state index is -0.283. The first-order chi connectivity index (χ1) is 14.5. The van der Waals surface area contributed by atoms with E-state index in [-0.39, 0.29) is 17.7 Å². The Kier molecular flexibility index (Phi) is 7.99. The second kappa shape index (κ2) is 10.7. The normalized spacial score (nSPS) is 15.2. The van der Waals surface area contributed by atoms with Gasteiger partial charge in [-0.2, -0.15) is 0 Å². The van der Waals surface area contributed by atoms with Crippen LogP contribution in [0.15, 0.2) is 51.8 Å². The number of hydrogen-bond acceptors (Lipinski definition) is 5. The lowest BCUT2D eigenvalue weighted by molar-refractivity contribution is -0.123. The molecule has 30 heavy (non-hydrogen) atoms. The van der Waals surface area contributed by atoms with Crippen LogP contribution in [0.2, 0.25) is 0 Å². The maximum Gasteiger partial charge on any atom is 0.293 e. The molecule has 0 atom stereocenters. The molecule has 1 aliphatic heterocycles. The molecule has 7 heteroatoms.